The Morgan fingerprint density at radius 1 is 1.38 bits per heavy atom. The van der Waals surface area contributed by atoms with E-state index in [1.165, 1.54) is 12.7 Å². The topological polar surface area (TPSA) is 145 Å². The van der Waals surface area contributed by atoms with Gasteiger partial charge in [0.25, 0.3) is 0 Å². The predicted octanol–water partition coefficient (Wildman–Crippen LogP) is -1.62. The lowest BCUT2D eigenvalue weighted by Gasteiger charge is -2.16. The minimum absolute atomic E-state index is 0.0571. The van der Waals surface area contributed by atoms with Crippen LogP contribution in [0.4, 0.5) is 5.82 Å². The van der Waals surface area contributed by atoms with Gasteiger partial charge in [-0.2, -0.15) is 0 Å². The zero-order chi connectivity index (χ0) is 14.8. The van der Waals surface area contributed by atoms with Crippen LogP contribution >= 0.6 is 0 Å². The van der Waals surface area contributed by atoms with E-state index in [-0.39, 0.29) is 11.7 Å². The highest BCUT2D eigenvalue weighted by atomic mass is 16.6. The molecule has 9 heteroatoms. The lowest BCUT2D eigenvalue weighted by Crippen LogP contribution is -2.34. The number of nitrogens with two attached hydrogens (primary N) is 2. The van der Waals surface area contributed by atoms with Crippen LogP contribution in [0.15, 0.2) is 12.7 Å². The van der Waals surface area contributed by atoms with Gasteiger partial charge < -0.3 is 26.4 Å². The van der Waals surface area contributed by atoms with Gasteiger partial charge in [-0.1, -0.05) is 0 Å². The smallest absolute Gasteiger partial charge is 0.167 e. The highest BCUT2D eigenvalue weighted by Gasteiger charge is 2.68. The van der Waals surface area contributed by atoms with Crippen molar-refractivity contribution in [1.29, 1.82) is 0 Å². The van der Waals surface area contributed by atoms with E-state index in [4.69, 9.17) is 16.2 Å². The maximum atomic E-state index is 10.3. The van der Waals surface area contributed by atoms with Crippen molar-refractivity contribution in [2.45, 2.75) is 30.5 Å². The molecule has 0 aromatic carbocycles. The summed E-state index contributed by atoms with van der Waals surface area (Å²) in [6, 6.07) is 0. The first-order valence-electron chi connectivity index (χ1n) is 6.75. The summed E-state index contributed by atoms with van der Waals surface area (Å²) in [6.07, 6.45) is 0.624. The molecule has 9 nitrogen and oxygen atoms in total. The molecular weight excluding hydrogens is 276 g/mol. The molecule has 0 bridgehead atoms. The second-order valence-corrected chi connectivity index (χ2v) is 5.62. The number of nitrogen functional groups attached to an aromatic ring is 1. The van der Waals surface area contributed by atoms with E-state index in [0.29, 0.717) is 24.1 Å². The summed E-state index contributed by atoms with van der Waals surface area (Å²) in [5, 5.41) is 20.6. The van der Waals surface area contributed by atoms with E-state index in [9.17, 15) is 10.2 Å². The van der Waals surface area contributed by atoms with Crippen molar-refractivity contribution in [1.82, 2.24) is 19.5 Å². The molecule has 6 N–H and O–H groups in total. The molecule has 5 atom stereocenters. The summed E-state index contributed by atoms with van der Waals surface area (Å²) in [6.45, 7) is 0.413. The number of aromatic nitrogens is 4. The molecule has 112 valence electrons. The average molecular weight is 292 g/mol. The van der Waals surface area contributed by atoms with Crippen LogP contribution in [0.5, 0.6) is 0 Å². The number of hydrogen-bond donors (Lipinski definition) is 4. The number of hydrogen-bond acceptors (Lipinski definition) is 8. The maximum Gasteiger partial charge on any atom is 0.167 e. The standard InChI is InChI=1S/C12H16N6O3/c13-2-5-1-12(5)8(20)7(19)11(21-12)18-4-17-6-9(14)15-3-16-10(6)18/h3-5,7-8,11,19-20H,1-2,13H2,(H2,14,15,16)/t5-,7-,8?,11+,12+/m0/s1. The van der Waals surface area contributed by atoms with Gasteiger partial charge in [0.1, 0.15) is 29.7 Å². The van der Waals surface area contributed by atoms with Crippen LogP contribution in [0.3, 0.4) is 0 Å². The third kappa shape index (κ3) is 1.57. The second kappa shape index (κ2) is 4.10. The number of fused-ring (bicyclic) bond motifs is 1. The minimum atomic E-state index is -1.07. The Labute approximate surface area is 119 Å². The maximum absolute atomic E-state index is 10.3. The summed E-state index contributed by atoms with van der Waals surface area (Å²) in [5.41, 5.74) is 11.5. The molecule has 1 unspecified atom stereocenters. The lowest BCUT2D eigenvalue weighted by molar-refractivity contribution is -0.0526. The van der Waals surface area contributed by atoms with Gasteiger partial charge in [0.05, 0.1) is 6.33 Å². The molecule has 4 rings (SSSR count). The molecule has 2 aromatic rings. The Hall–Kier alpha value is -1.81. The number of imidazole rings is 1. The molecule has 2 aliphatic rings. The molecule has 1 saturated heterocycles. The second-order valence-electron chi connectivity index (χ2n) is 5.62. The molecule has 2 aromatic heterocycles. The Kier molecular flexibility index (Phi) is 2.52. The van der Waals surface area contributed by atoms with Crippen molar-refractivity contribution in [2.24, 2.45) is 11.7 Å². The van der Waals surface area contributed by atoms with E-state index in [1.807, 2.05) is 0 Å². The number of aliphatic hydroxyl groups excluding tert-OH is 2. The molecule has 21 heavy (non-hydrogen) atoms. The monoisotopic (exact) mass is 292 g/mol. The molecule has 3 heterocycles. The molecule has 1 spiro atoms. The molecule has 1 saturated carbocycles. The van der Waals surface area contributed by atoms with Gasteiger partial charge in [-0.3, -0.25) is 4.57 Å². The van der Waals surface area contributed by atoms with E-state index >= 15 is 0 Å². The molecule has 1 aliphatic carbocycles. The summed E-state index contributed by atoms with van der Waals surface area (Å²) in [4.78, 5) is 12.1. The van der Waals surface area contributed by atoms with Gasteiger partial charge in [0, 0.05) is 5.92 Å². The number of ether oxygens (including phenoxy) is 1. The van der Waals surface area contributed by atoms with Crippen molar-refractivity contribution in [3.8, 4) is 0 Å². The number of nitrogens with zero attached hydrogens (tertiary/aromatic N) is 4. The van der Waals surface area contributed by atoms with Crippen molar-refractivity contribution in [3.63, 3.8) is 0 Å². The zero-order valence-corrected chi connectivity index (χ0v) is 11.1. The largest absolute Gasteiger partial charge is 0.387 e. The molecule has 2 fully saturated rings. The van der Waals surface area contributed by atoms with Crippen LogP contribution in [0, 0.1) is 5.92 Å². The summed E-state index contributed by atoms with van der Waals surface area (Å²) < 4.78 is 7.49. The predicted molar refractivity (Wildman–Crippen MR) is 71.8 cm³/mol. The Balaban J connectivity index is 1.75. The van der Waals surface area contributed by atoms with Gasteiger partial charge >= 0.3 is 0 Å². The fraction of sp³-hybridized carbons (Fsp3) is 0.583. The first-order valence-corrected chi connectivity index (χ1v) is 6.75. The Morgan fingerprint density at radius 3 is 2.90 bits per heavy atom. The van der Waals surface area contributed by atoms with E-state index < -0.39 is 24.0 Å². The fourth-order valence-corrected chi connectivity index (χ4v) is 3.20. The normalized spacial score (nSPS) is 38.4. The van der Waals surface area contributed by atoms with Crippen LogP contribution in [-0.4, -0.2) is 54.1 Å². The Morgan fingerprint density at radius 2 is 2.19 bits per heavy atom. The highest BCUT2D eigenvalue weighted by molar-refractivity contribution is 5.81. The third-order valence-corrected chi connectivity index (χ3v) is 4.50. The Bertz CT molecular complexity index is 705. The first kappa shape index (κ1) is 12.9. The van der Waals surface area contributed by atoms with Crippen molar-refractivity contribution in [2.75, 3.05) is 12.3 Å². The van der Waals surface area contributed by atoms with Crippen LogP contribution in [0.2, 0.25) is 0 Å². The van der Waals surface area contributed by atoms with Crippen molar-refractivity contribution in [3.05, 3.63) is 12.7 Å². The summed E-state index contributed by atoms with van der Waals surface area (Å²) >= 11 is 0. The number of anilines is 1. The van der Waals surface area contributed by atoms with Crippen LogP contribution < -0.4 is 11.5 Å². The zero-order valence-electron chi connectivity index (χ0n) is 11.1. The molecule has 0 amide bonds. The molecular formula is C12H16N6O3. The number of aliphatic hydroxyl groups is 2. The van der Waals surface area contributed by atoms with Crippen LogP contribution in [-0.2, 0) is 4.74 Å². The van der Waals surface area contributed by atoms with Crippen LogP contribution in [0.1, 0.15) is 12.6 Å². The van der Waals surface area contributed by atoms with E-state index in [1.54, 1.807) is 4.57 Å². The van der Waals surface area contributed by atoms with Crippen LogP contribution in [0.25, 0.3) is 11.2 Å². The summed E-state index contributed by atoms with van der Waals surface area (Å²) in [5.74, 6) is 0.314. The number of rotatable bonds is 2. The van der Waals surface area contributed by atoms with E-state index in [2.05, 4.69) is 15.0 Å². The van der Waals surface area contributed by atoms with Gasteiger partial charge in [0.2, 0.25) is 0 Å². The highest BCUT2D eigenvalue weighted by Crippen LogP contribution is 2.57. The first-order chi connectivity index (χ1) is 10.1. The van der Waals surface area contributed by atoms with Gasteiger partial charge in [0.15, 0.2) is 17.7 Å². The fourth-order valence-electron chi connectivity index (χ4n) is 3.20. The SMILES string of the molecule is NC[C@@H]1C[C@@]12O[C@@H](n1cnc3c(N)ncnc31)[C@@H](O)C2O. The molecule has 0 radical (unpaired) electrons. The van der Waals surface area contributed by atoms with Gasteiger partial charge in [-0.15, -0.1) is 0 Å². The third-order valence-electron chi connectivity index (χ3n) is 4.50. The minimum Gasteiger partial charge on any atom is -0.387 e. The lowest BCUT2D eigenvalue weighted by atomic mass is 10.1. The van der Waals surface area contributed by atoms with Crippen molar-refractivity contribution < 1.29 is 14.9 Å². The van der Waals surface area contributed by atoms with Gasteiger partial charge in [-0.05, 0) is 13.0 Å². The molecule has 1 aliphatic heterocycles. The van der Waals surface area contributed by atoms with E-state index in [0.717, 1.165) is 0 Å². The average Bonchev–Trinajstić information content (AvgIpc) is 2.94. The quantitative estimate of drug-likeness (QED) is 0.516. The van der Waals surface area contributed by atoms with Gasteiger partial charge in [-0.25, -0.2) is 15.0 Å². The van der Waals surface area contributed by atoms with Crippen molar-refractivity contribution >= 4 is 17.0 Å². The summed E-state index contributed by atoms with van der Waals surface area (Å²) in [7, 11) is 0.